The van der Waals surface area contributed by atoms with Crippen molar-refractivity contribution >= 4 is 28.3 Å². The number of alkyl halides is 3. The summed E-state index contributed by atoms with van der Waals surface area (Å²) in [6.07, 6.45) is 0.649. The molecule has 2 aliphatic rings. The van der Waals surface area contributed by atoms with Gasteiger partial charge in [-0.15, -0.1) is 15.3 Å². The fourth-order valence-corrected chi connectivity index (χ4v) is 5.58. The molecule has 1 aromatic carbocycles. The number of nitrogens with zero attached hydrogens (tertiary/aromatic N) is 6. The van der Waals surface area contributed by atoms with Gasteiger partial charge in [0.15, 0.2) is 5.65 Å². The van der Waals surface area contributed by atoms with Gasteiger partial charge in [-0.25, -0.2) is 0 Å². The van der Waals surface area contributed by atoms with Crippen LogP contribution in [0.1, 0.15) is 43.0 Å². The third-order valence-electron chi connectivity index (χ3n) is 7.54. The summed E-state index contributed by atoms with van der Waals surface area (Å²) in [5.41, 5.74) is 2.52. The van der Waals surface area contributed by atoms with Crippen molar-refractivity contribution < 1.29 is 18.0 Å². The zero-order chi connectivity index (χ0) is 24.9. The molecule has 1 amide bonds. The van der Waals surface area contributed by atoms with E-state index in [1.807, 2.05) is 15.9 Å². The fourth-order valence-electron chi connectivity index (χ4n) is 5.58. The van der Waals surface area contributed by atoms with Crippen molar-refractivity contribution in [1.82, 2.24) is 29.7 Å². The van der Waals surface area contributed by atoms with E-state index in [-0.39, 0.29) is 17.5 Å². The Bertz CT molecular complexity index is 1400. The standard InChI is InChI=1S/C25H26F3N7O/c26-25(27,28)24-31-30-21-5-6-22(32-35(21)24)33-11-9-17(10-12-33)23(36)34-13-7-16(8-14-34)19-15-29-20-4-2-1-3-18(19)20/h1-6,15-17,29H,7-14H2. The van der Waals surface area contributed by atoms with Crippen LogP contribution in [-0.4, -0.2) is 61.8 Å². The van der Waals surface area contributed by atoms with Crippen LogP contribution in [0.4, 0.5) is 19.0 Å². The van der Waals surface area contributed by atoms with Crippen molar-refractivity contribution in [3.63, 3.8) is 0 Å². The van der Waals surface area contributed by atoms with Crippen molar-refractivity contribution in [1.29, 1.82) is 0 Å². The van der Waals surface area contributed by atoms with Crippen LogP contribution in [0.3, 0.4) is 0 Å². The molecular weight excluding hydrogens is 471 g/mol. The second-order valence-electron chi connectivity index (χ2n) is 9.63. The largest absolute Gasteiger partial charge is 0.453 e. The van der Waals surface area contributed by atoms with E-state index in [4.69, 9.17) is 0 Å². The van der Waals surface area contributed by atoms with Crippen LogP contribution < -0.4 is 4.90 Å². The highest BCUT2D eigenvalue weighted by atomic mass is 19.4. The fraction of sp³-hybridized carbons (Fsp3) is 0.440. The SMILES string of the molecule is O=C(C1CCN(c2ccc3nnc(C(F)(F)F)n3n2)CC1)N1CCC(c2c[nH]c3ccccc23)CC1. The minimum atomic E-state index is -4.63. The Labute approximate surface area is 205 Å². The lowest BCUT2D eigenvalue weighted by atomic mass is 9.88. The van der Waals surface area contributed by atoms with Gasteiger partial charge in [0.25, 0.3) is 5.82 Å². The zero-order valence-electron chi connectivity index (χ0n) is 19.6. The summed E-state index contributed by atoms with van der Waals surface area (Å²) in [5, 5.41) is 12.2. The second kappa shape index (κ2) is 8.79. The van der Waals surface area contributed by atoms with Crippen molar-refractivity contribution in [2.24, 2.45) is 5.92 Å². The number of aromatic amines is 1. The van der Waals surface area contributed by atoms with Crippen molar-refractivity contribution in [2.75, 3.05) is 31.1 Å². The van der Waals surface area contributed by atoms with Gasteiger partial charge in [0.05, 0.1) is 0 Å². The number of halogens is 3. The van der Waals surface area contributed by atoms with Gasteiger partial charge in [-0.05, 0) is 55.4 Å². The Hall–Kier alpha value is -3.63. The molecule has 11 heteroatoms. The number of benzene rings is 1. The van der Waals surface area contributed by atoms with Crippen LogP contribution in [0.25, 0.3) is 16.6 Å². The van der Waals surface area contributed by atoms with Crippen LogP contribution in [0.5, 0.6) is 0 Å². The Morgan fingerprint density at radius 3 is 2.44 bits per heavy atom. The maximum Gasteiger partial charge on any atom is 0.453 e. The number of amides is 1. The van der Waals surface area contributed by atoms with E-state index in [0.717, 1.165) is 36.0 Å². The van der Waals surface area contributed by atoms with E-state index in [0.29, 0.717) is 37.7 Å². The molecule has 8 nitrogen and oxygen atoms in total. The highest BCUT2D eigenvalue weighted by Crippen LogP contribution is 2.34. The normalized spacial score (nSPS) is 18.4. The average Bonchev–Trinajstić information content (AvgIpc) is 3.53. The molecule has 3 aromatic heterocycles. The highest BCUT2D eigenvalue weighted by molar-refractivity contribution is 5.84. The number of fused-ring (bicyclic) bond motifs is 2. The first kappa shape index (κ1) is 22.8. The third kappa shape index (κ3) is 4.06. The number of H-pyrrole nitrogens is 1. The predicted octanol–water partition coefficient (Wildman–Crippen LogP) is 4.25. The lowest BCUT2D eigenvalue weighted by Gasteiger charge is -2.37. The molecule has 0 radical (unpaired) electrons. The van der Waals surface area contributed by atoms with Crippen LogP contribution in [0.15, 0.2) is 42.6 Å². The Morgan fingerprint density at radius 1 is 0.944 bits per heavy atom. The zero-order valence-corrected chi connectivity index (χ0v) is 19.6. The average molecular weight is 498 g/mol. The lowest BCUT2D eigenvalue weighted by molar-refractivity contribution is -0.146. The minimum Gasteiger partial charge on any atom is -0.361 e. The summed E-state index contributed by atoms with van der Waals surface area (Å²) in [7, 11) is 0. The van der Waals surface area contributed by atoms with Crippen molar-refractivity contribution in [3.8, 4) is 0 Å². The van der Waals surface area contributed by atoms with E-state index in [9.17, 15) is 18.0 Å². The first-order valence-electron chi connectivity index (χ1n) is 12.3. The predicted molar refractivity (Wildman–Crippen MR) is 128 cm³/mol. The molecule has 2 aliphatic heterocycles. The summed E-state index contributed by atoms with van der Waals surface area (Å²) in [5.74, 6) is -0.158. The van der Waals surface area contributed by atoms with Crippen molar-refractivity contribution in [2.45, 2.75) is 37.8 Å². The molecule has 1 N–H and O–H groups in total. The van der Waals surface area contributed by atoms with E-state index < -0.39 is 12.0 Å². The van der Waals surface area contributed by atoms with Crippen molar-refractivity contribution in [3.05, 3.63) is 54.0 Å². The van der Waals surface area contributed by atoms with E-state index in [1.54, 1.807) is 6.07 Å². The molecule has 0 spiro atoms. The van der Waals surface area contributed by atoms with E-state index in [2.05, 4.69) is 44.7 Å². The monoisotopic (exact) mass is 497 g/mol. The topological polar surface area (TPSA) is 82.4 Å². The van der Waals surface area contributed by atoms with Gasteiger partial charge in [-0.1, -0.05) is 18.2 Å². The summed E-state index contributed by atoms with van der Waals surface area (Å²) in [4.78, 5) is 20.5. The Kier molecular flexibility index (Phi) is 5.57. The number of carbonyl (C=O) groups excluding carboxylic acids is 1. The molecule has 0 bridgehead atoms. The van der Waals surface area contributed by atoms with Gasteiger partial charge in [-0.3, -0.25) is 4.79 Å². The number of hydrogen-bond donors (Lipinski definition) is 1. The maximum atomic E-state index is 13.2. The molecule has 36 heavy (non-hydrogen) atoms. The Morgan fingerprint density at radius 2 is 1.69 bits per heavy atom. The summed E-state index contributed by atoms with van der Waals surface area (Å²) in [6.45, 7) is 2.61. The number of carbonyl (C=O) groups is 1. The van der Waals surface area contributed by atoms with Crippen LogP contribution >= 0.6 is 0 Å². The first-order chi connectivity index (χ1) is 17.4. The van der Waals surface area contributed by atoms with E-state index >= 15 is 0 Å². The minimum absolute atomic E-state index is 0.0483. The second-order valence-corrected chi connectivity index (χ2v) is 9.63. The lowest BCUT2D eigenvalue weighted by Crippen LogP contribution is -2.45. The van der Waals surface area contributed by atoms with Crippen LogP contribution in [0, 0.1) is 5.92 Å². The third-order valence-corrected chi connectivity index (χ3v) is 7.54. The molecule has 5 heterocycles. The summed E-state index contributed by atoms with van der Waals surface area (Å²) in [6, 6.07) is 11.4. The maximum absolute atomic E-state index is 13.2. The number of nitrogens with one attached hydrogen (secondary N) is 1. The van der Waals surface area contributed by atoms with Gasteiger partial charge in [-0.2, -0.15) is 17.7 Å². The summed E-state index contributed by atoms with van der Waals surface area (Å²) < 4.78 is 40.3. The molecule has 0 atom stereocenters. The molecule has 0 saturated carbocycles. The molecule has 0 aliphatic carbocycles. The van der Waals surface area contributed by atoms with Gasteiger partial charge in [0.1, 0.15) is 5.82 Å². The number of hydrogen-bond acceptors (Lipinski definition) is 5. The number of rotatable bonds is 3. The summed E-state index contributed by atoms with van der Waals surface area (Å²) >= 11 is 0. The molecule has 2 fully saturated rings. The number of likely N-dealkylation sites (tertiary alicyclic amines) is 1. The highest BCUT2D eigenvalue weighted by Gasteiger charge is 2.38. The molecule has 4 aromatic rings. The van der Waals surface area contributed by atoms with Crippen LogP contribution in [-0.2, 0) is 11.0 Å². The quantitative estimate of drug-likeness (QED) is 0.458. The molecule has 0 unspecified atom stereocenters. The van der Waals surface area contributed by atoms with Gasteiger partial charge < -0.3 is 14.8 Å². The van der Waals surface area contributed by atoms with E-state index in [1.165, 1.54) is 17.0 Å². The number of piperidine rings is 2. The number of para-hydroxylation sites is 1. The van der Waals surface area contributed by atoms with Crippen LogP contribution in [0.2, 0.25) is 0 Å². The molecule has 6 rings (SSSR count). The Balaban J connectivity index is 1.07. The molecule has 2 saturated heterocycles. The number of aromatic nitrogens is 5. The first-order valence-corrected chi connectivity index (χ1v) is 12.3. The van der Waals surface area contributed by atoms with Gasteiger partial charge in [0.2, 0.25) is 5.91 Å². The molecular formula is C25H26F3N7O. The van der Waals surface area contributed by atoms with Gasteiger partial charge in [0, 0.05) is 49.2 Å². The number of anilines is 1. The molecule has 188 valence electrons. The smallest absolute Gasteiger partial charge is 0.361 e. The van der Waals surface area contributed by atoms with Gasteiger partial charge >= 0.3 is 6.18 Å².